The van der Waals surface area contributed by atoms with Gasteiger partial charge in [-0.1, -0.05) is 36.5 Å². The van der Waals surface area contributed by atoms with Crippen molar-refractivity contribution in [2.24, 2.45) is 5.92 Å². The minimum absolute atomic E-state index is 0.145. The fraction of sp³-hybridized carbons (Fsp3) is 0.143. The molecule has 0 fully saturated rings. The van der Waals surface area contributed by atoms with Crippen LogP contribution in [0.1, 0.15) is 12.2 Å². The van der Waals surface area contributed by atoms with Crippen molar-refractivity contribution in [3.8, 4) is 0 Å². The molecular weight excluding hydrogens is 332 g/mol. The molecule has 4 aliphatic rings. The second-order valence-corrected chi connectivity index (χ2v) is 6.47. The maximum Gasteiger partial charge on any atom is 0.518 e. The lowest BCUT2D eigenvalue weighted by molar-refractivity contribution is -0.140. The van der Waals surface area contributed by atoms with E-state index in [1.54, 1.807) is 0 Å². The second-order valence-electron chi connectivity index (χ2n) is 6.47. The molecule has 0 aliphatic heterocycles. The van der Waals surface area contributed by atoms with Gasteiger partial charge in [0.2, 0.25) is 0 Å². The van der Waals surface area contributed by atoms with Crippen molar-refractivity contribution in [3.63, 3.8) is 0 Å². The third-order valence-electron chi connectivity index (χ3n) is 4.91. The van der Waals surface area contributed by atoms with E-state index in [1.807, 2.05) is 12.2 Å². The number of hydrogen-bond acceptors (Lipinski definition) is 5. The summed E-state index contributed by atoms with van der Waals surface area (Å²) in [5.74, 6) is -0.919. The highest BCUT2D eigenvalue weighted by molar-refractivity contribution is 5.94. The van der Waals surface area contributed by atoms with Crippen LogP contribution in [0.2, 0.25) is 0 Å². The Balaban J connectivity index is 1.44. The number of rotatable bonds is 3. The minimum atomic E-state index is -0.814. The molecule has 0 spiro atoms. The van der Waals surface area contributed by atoms with E-state index in [2.05, 4.69) is 40.9 Å². The van der Waals surface area contributed by atoms with Crippen molar-refractivity contribution >= 4 is 5.97 Å². The maximum absolute atomic E-state index is 12.4. The Kier molecular flexibility index (Phi) is 3.22. The number of allylic oxidation sites excluding steroid dienone is 12. The van der Waals surface area contributed by atoms with Crippen molar-refractivity contribution in [3.05, 3.63) is 105 Å². The first kappa shape index (κ1) is 15.0. The van der Waals surface area contributed by atoms with Crippen LogP contribution in [0.5, 0.6) is 0 Å². The molecule has 1 unspecified atom stereocenters. The van der Waals surface area contributed by atoms with Gasteiger partial charge in [-0.25, -0.2) is 9.59 Å². The van der Waals surface area contributed by atoms with E-state index in [9.17, 15) is 9.59 Å². The summed E-state index contributed by atoms with van der Waals surface area (Å²) in [4.78, 5) is 23.3. The number of esters is 1. The molecule has 0 N–H and O–H groups in total. The molecule has 128 valence electrons. The molecule has 5 heteroatoms. The van der Waals surface area contributed by atoms with E-state index in [0.717, 1.165) is 23.8 Å². The summed E-state index contributed by atoms with van der Waals surface area (Å²) < 4.78 is 14.5. The van der Waals surface area contributed by atoms with Gasteiger partial charge in [-0.15, -0.1) is 0 Å². The number of carbonyl (C=O) groups excluding carboxylic acids is 1. The van der Waals surface area contributed by atoms with Gasteiger partial charge in [0, 0.05) is 5.92 Å². The van der Waals surface area contributed by atoms with Crippen LogP contribution in [0.15, 0.2) is 102 Å². The molecule has 0 amide bonds. The van der Waals surface area contributed by atoms with E-state index >= 15 is 0 Å². The second kappa shape index (κ2) is 5.59. The van der Waals surface area contributed by atoms with Gasteiger partial charge in [0.15, 0.2) is 12.4 Å². The molecule has 0 saturated heterocycles. The Morgan fingerprint density at radius 2 is 2.08 bits per heavy atom. The van der Waals surface area contributed by atoms with Gasteiger partial charge in [-0.05, 0) is 46.4 Å². The molecule has 0 saturated carbocycles. The van der Waals surface area contributed by atoms with Gasteiger partial charge in [0.05, 0.1) is 5.57 Å². The molecule has 1 atom stereocenters. The lowest BCUT2D eigenvalue weighted by Crippen LogP contribution is -2.23. The summed E-state index contributed by atoms with van der Waals surface area (Å²) in [6.07, 6.45) is 18.5. The first-order chi connectivity index (χ1) is 12.7. The van der Waals surface area contributed by atoms with Crippen LogP contribution in [0.4, 0.5) is 0 Å². The van der Waals surface area contributed by atoms with Gasteiger partial charge < -0.3 is 13.6 Å². The molecule has 4 aliphatic carbocycles. The van der Waals surface area contributed by atoms with E-state index in [0.29, 0.717) is 5.57 Å². The highest BCUT2D eigenvalue weighted by Gasteiger charge is 2.34. The fourth-order valence-electron chi connectivity index (χ4n) is 3.79. The lowest BCUT2D eigenvalue weighted by Gasteiger charge is -2.35. The highest BCUT2D eigenvalue weighted by atomic mass is 16.6. The summed E-state index contributed by atoms with van der Waals surface area (Å²) in [6, 6.07) is 0. The third-order valence-corrected chi connectivity index (χ3v) is 4.91. The van der Waals surface area contributed by atoms with Crippen LogP contribution in [0, 0.1) is 5.92 Å². The smallest absolute Gasteiger partial charge is 0.454 e. The van der Waals surface area contributed by atoms with Gasteiger partial charge >= 0.3 is 11.8 Å². The van der Waals surface area contributed by atoms with Crippen molar-refractivity contribution in [1.82, 2.24) is 0 Å². The summed E-state index contributed by atoms with van der Waals surface area (Å²) in [7, 11) is 0. The molecule has 26 heavy (non-hydrogen) atoms. The Morgan fingerprint density at radius 1 is 1.15 bits per heavy atom. The number of hydrogen-bond donors (Lipinski definition) is 0. The van der Waals surface area contributed by atoms with Crippen LogP contribution >= 0.6 is 0 Å². The zero-order valence-corrected chi connectivity index (χ0v) is 13.7. The predicted octanol–water partition coefficient (Wildman–Crippen LogP) is 3.45. The SMILES string of the molecule is O=C(OCc1coc(=O)o1)C1=CC2=CC=C3CC=CC4=C3C2C(=C1)C=C4. The van der Waals surface area contributed by atoms with E-state index < -0.39 is 11.8 Å². The predicted molar refractivity (Wildman–Crippen MR) is 92.8 cm³/mol. The summed E-state index contributed by atoms with van der Waals surface area (Å²) in [5.41, 5.74) is 6.55. The molecule has 1 aromatic rings. The normalized spacial score (nSPS) is 22.2. The van der Waals surface area contributed by atoms with Crippen LogP contribution in [0.25, 0.3) is 0 Å². The van der Waals surface area contributed by atoms with Crippen molar-refractivity contribution < 1.29 is 18.4 Å². The van der Waals surface area contributed by atoms with E-state index in [1.165, 1.54) is 16.7 Å². The van der Waals surface area contributed by atoms with E-state index in [4.69, 9.17) is 9.15 Å². The molecule has 0 bridgehead atoms. The zero-order valence-electron chi connectivity index (χ0n) is 13.7. The van der Waals surface area contributed by atoms with Crippen LogP contribution in [0.3, 0.4) is 0 Å². The van der Waals surface area contributed by atoms with Gasteiger partial charge in [-0.2, -0.15) is 0 Å². The average Bonchev–Trinajstić information content (AvgIpc) is 3.09. The molecule has 5 rings (SSSR count). The Labute approximate surface area is 148 Å². The van der Waals surface area contributed by atoms with Crippen LogP contribution in [-0.2, 0) is 16.1 Å². The Morgan fingerprint density at radius 3 is 2.92 bits per heavy atom. The van der Waals surface area contributed by atoms with Crippen LogP contribution < -0.4 is 5.82 Å². The topological polar surface area (TPSA) is 69.7 Å². The number of carbonyl (C=O) groups is 1. The Bertz CT molecular complexity index is 1090. The zero-order chi connectivity index (χ0) is 17.7. The fourth-order valence-corrected chi connectivity index (χ4v) is 3.79. The first-order valence-corrected chi connectivity index (χ1v) is 8.37. The Hall–Kier alpha value is -3.34. The van der Waals surface area contributed by atoms with Crippen molar-refractivity contribution in [2.75, 3.05) is 0 Å². The van der Waals surface area contributed by atoms with Crippen molar-refractivity contribution in [2.45, 2.75) is 13.0 Å². The molecule has 1 heterocycles. The van der Waals surface area contributed by atoms with Gasteiger partial charge in [0.1, 0.15) is 6.26 Å². The van der Waals surface area contributed by atoms with Gasteiger partial charge in [0.25, 0.3) is 0 Å². The maximum atomic E-state index is 12.4. The standard InChI is InChI=1S/C21H14O5/c22-20(24-10-17-11-25-21(23)26-17)16-8-14-6-4-12-2-1-3-13-5-7-15(9-16)19(14)18(12)13/h1-2,4-9,11,19H,3,10H2. The summed E-state index contributed by atoms with van der Waals surface area (Å²) in [6.45, 7) is -0.145. The molecular formula is C21H14O5. The molecule has 1 aromatic heterocycles. The molecule has 0 radical (unpaired) electrons. The average molecular weight is 346 g/mol. The first-order valence-electron chi connectivity index (χ1n) is 8.37. The summed E-state index contributed by atoms with van der Waals surface area (Å²) >= 11 is 0. The van der Waals surface area contributed by atoms with Crippen LogP contribution in [-0.4, -0.2) is 5.97 Å². The highest BCUT2D eigenvalue weighted by Crippen LogP contribution is 2.47. The number of ether oxygens (including phenoxy) is 1. The summed E-state index contributed by atoms with van der Waals surface area (Å²) in [5, 5.41) is 0. The van der Waals surface area contributed by atoms with Crippen molar-refractivity contribution in [1.29, 1.82) is 0 Å². The largest absolute Gasteiger partial charge is 0.518 e. The van der Waals surface area contributed by atoms with E-state index in [-0.39, 0.29) is 18.3 Å². The monoisotopic (exact) mass is 346 g/mol. The quantitative estimate of drug-likeness (QED) is 0.784. The molecule has 5 nitrogen and oxygen atoms in total. The lowest BCUT2D eigenvalue weighted by atomic mass is 9.68. The molecule has 0 aromatic carbocycles. The third kappa shape index (κ3) is 2.32. The van der Waals surface area contributed by atoms with Gasteiger partial charge in [-0.3, -0.25) is 0 Å². The minimum Gasteiger partial charge on any atom is -0.454 e.